The first kappa shape index (κ1) is 16.2. The van der Waals surface area contributed by atoms with E-state index in [4.69, 9.17) is 4.74 Å². The molecule has 1 aliphatic rings. The van der Waals surface area contributed by atoms with Gasteiger partial charge in [0, 0.05) is 11.3 Å². The van der Waals surface area contributed by atoms with Crippen LogP contribution in [-0.2, 0) is 4.79 Å². The number of hydrogen-bond donors (Lipinski definition) is 1. The molecule has 1 fully saturated rings. The maximum absolute atomic E-state index is 12.2. The van der Waals surface area contributed by atoms with E-state index in [2.05, 4.69) is 5.32 Å². The molecule has 4 nitrogen and oxygen atoms in total. The highest BCUT2D eigenvalue weighted by Crippen LogP contribution is 2.25. The third-order valence-corrected chi connectivity index (χ3v) is 4.31. The first-order chi connectivity index (χ1) is 11.7. The van der Waals surface area contributed by atoms with E-state index in [1.165, 1.54) is 6.42 Å². The Morgan fingerprint density at radius 2 is 1.54 bits per heavy atom. The molecule has 2 aromatic carbocycles. The molecule has 0 bridgehead atoms. The number of esters is 1. The number of ether oxygens (including phenoxy) is 1. The molecule has 0 atom stereocenters. The topological polar surface area (TPSA) is 55.4 Å². The summed E-state index contributed by atoms with van der Waals surface area (Å²) in [4.78, 5) is 24.3. The normalized spacial score (nSPS) is 14.8. The first-order valence-electron chi connectivity index (χ1n) is 8.40. The predicted molar refractivity (Wildman–Crippen MR) is 93.0 cm³/mol. The second-order valence-corrected chi connectivity index (χ2v) is 6.10. The number of hydrogen-bond acceptors (Lipinski definition) is 3. The van der Waals surface area contributed by atoms with Crippen LogP contribution in [0.5, 0.6) is 5.75 Å². The Hall–Kier alpha value is -2.62. The van der Waals surface area contributed by atoms with Crippen molar-refractivity contribution in [1.29, 1.82) is 0 Å². The van der Waals surface area contributed by atoms with Gasteiger partial charge < -0.3 is 10.1 Å². The van der Waals surface area contributed by atoms with Crippen molar-refractivity contribution in [2.75, 3.05) is 5.32 Å². The van der Waals surface area contributed by atoms with Crippen LogP contribution in [0.1, 0.15) is 42.5 Å². The van der Waals surface area contributed by atoms with Crippen LogP contribution in [0.25, 0.3) is 0 Å². The Morgan fingerprint density at radius 1 is 0.875 bits per heavy atom. The van der Waals surface area contributed by atoms with E-state index in [9.17, 15) is 9.59 Å². The minimum absolute atomic E-state index is 0.0137. The van der Waals surface area contributed by atoms with Crippen molar-refractivity contribution >= 4 is 17.6 Å². The van der Waals surface area contributed by atoms with Gasteiger partial charge in [0.05, 0.1) is 5.92 Å². The van der Waals surface area contributed by atoms with Crippen molar-refractivity contribution in [2.24, 2.45) is 5.92 Å². The minimum atomic E-state index is -0.189. The summed E-state index contributed by atoms with van der Waals surface area (Å²) in [5.74, 6) is 0.157. The Kier molecular flexibility index (Phi) is 5.26. The lowest BCUT2D eigenvalue weighted by atomic mass is 9.89. The van der Waals surface area contributed by atoms with Gasteiger partial charge in [-0.25, -0.2) is 0 Å². The standard InChI is InChI=1S/C20H21NO3/c22-19(21-17-9-5-2-6-10-17)15-11-13-18(14-12-15)24-20(23)16-7-3-1-4-8-16/h2,5-6,9-14,16H,1,3-4,7-8H2,(H,21,22). The van der Waals surface area contributed by atoms with Crippen molar-refractivity contribution in [3.63, 3.8) is 0 Å². The van der Waals surface area contributed by atoms with E-state index in [0.717, 1.165) is 31.4 Å². The highest BCUT2D eigenvalue weighted by atomic mass is 16.5. The maximum Gasteiger partial charge on any atom is 0.314 e. The zero-order valence-electron chi connectivity index (χ0n) is 13.5. The van der Waals surface area contributed by atoms with Crippen LogP contribution in [0, 0.1) is 5.92 Å². The summed E-state index contributed by atoms with van der Waals surface area (Å²) in [6, 6.07) is 16.0. The third kappa shape index (κ3) is 4.22. The first-order valence-corrected chi connectivity index (χ1v) is 8.40. The average Bonchev–Trinajstić information content (AvgIpc) is 2.64. The van der Waals surface area contributed by atoms with Crippen molar-refractivity contribution < 1.29 is 14.3 Å². The van der Waals surface area contributed by atoms with Crippen molar-refractivity contribution in [2.45, 2.75) is 32.1 Å². The Labute approximate surface area is 141 Å². The molecule has 0 radical (unpaired) electrons. The quantitative estimate of drug-likeness (QED) is 0.669. The molecule has 0 aliphatic heterocycles. The van der Waals surface area contributed by atoms with Gasteiger partial charge >= 0.3 is 5.97 Å². The number of para-hydroxylation sites is 1. The molecular formula is C20H21NO3. The van der Waals surface area contributed by atoms with Gasteiger partial charge in [0.2, 0.25) is 0 Å². The second kappa shape index (κ2) is 7.77. The highest BCUT2D eigenvalue weighted by Gasteiger charge is 2.23. The lowest BCUT2D eigenvalue weighted by Gasteiger charge is -2.19. The van der Waals surface area contributed by atoms with Crippen LogP contribution in [0.4, 0.5) is 5.69 Å². The van der Waals surface area contributed by atoms with Gasteiger partial charge in [-0.3, -0.25) is 9.59 Å². The van der Waals surface area contributed by atoms with Crippen LogP contribution >= 0.6 is 0 Å². The van der Waals surface area contributed by atoms with E-state index in [1.807, 2.05) is 30.3 Å². The van der Waals surface area contributed by atoms with Crippen molar-refractivity contribution in [3.05, 3.63) is 60.2 Å². The summed E-state index contributed by atoms with van der Waals surface area (Å²) < 4.78 is 5.44. The molecule has 0 aromatic heterocycles. The Morgan fingerprint density at radius 3 is 2.21 bits per heavy atom. The molecule has 0 heterocycles. The van der Waals surface area contributed by atoms with Gasteiger partial charge in [-0.15, -0.1) is 0 Å². The van der Waals surface area contributed by atoms with E-state index >= 15 is 0 Å². The number of anilines is 1. The van der Waals surface area contributed by atoms with Crippen LogP contribution in [-0.4, -0.2) is 11.9 Å². The summed E-state index contributed by atoms with van der Waals surface area (Å²) in [6.07, 6.45) is 5.22. The van der Waals surface area contributed by atoms with Crippen molar-refractivity contribution in [1.82, 2.24) is 0 Å². The molecule has 0 spiro atoms. The maximum atomic E-state index is 12.2. The smallest absolute Gasteiger partial charge is 0.314 e. The number of carbonyl (C=O) groups excluding carboxylic acids is 2. The largest absolute Gasteiger partial charge is 0.426 e. The third-order valence-electron chi connectivity index (χ3n) is 4.31. The molecule has 3 rings (SSSR count). The minimum Gasteiger partial charge on any atom is -0.426 e. The lowest BCUT2D eigenvalue weighted by Crippen LogP contribution is -2.22. The zero-order chi connectivity index (χ0) is 16.8. The monoisotopic (exact) mass is 323 g/mol. The van der Waals surface area contributed by atoms with Crippen LogP contribution < -0.4 is 10.1 Å². The molecule has 2 aromatic rings. The van der Waals surface area contributed by atoms with Crippen LogP contribution in [0.15, 0.2) is 54.6 Å². The van der Waals surface area contributed by atoms with Crippen LogP contribution in [0.3, 0.4) is 0 Å². The Bertz CT molecular complexity index is 689. The zero-order valence-corrected chi connectivity index (χ0v) is 13.5. The number of amides is 1. The fourth-order valence-corrected chi connectivity index (χ4v) is 2.94. The van der Waals surface area contributed by atoms with E-state index in [1.54, 1.807) is 24.3 Å². The van der Waals surface area contributed by atoms with Gasteiger partial charge in [0.25, 0.3) is 5.91 Å². The molecule has 24 heavy (non-hydrogen) atoms. The molecule has 1 amide bonds. The van der Waals surface area contributed by atoms with Gasteiger partial charge in [0.1, 0.15) is 5.75 Å². The molecule has 1 aliphatic carbocycles. The number of nitrogens with one attached hydrogen (secondary N) is 1. The highest BCUT2D eigenvalue weighted by molar-refractivity contribution is 6.04. The molecule has 0 saturated heterocycles. The number of carbonyl (C=O) groups is 2. The summed E-state index contributed by atoms with van der Waals surface area (Å²) in [6.45, 7) is 0. The number of benzene rings is 2. The molecule has 1 N–H and O–H groups in total. The summed E-state index contributed by atoms with van der Waals surface area (Å²) in [5, 5.41) is 2.82. The molecule has 124 valence electrons. The van der Waals surface area contributed by atoms with E-state index in [0.29, 0.717) is 11.3 Å². The van der Waals surface area contributed by atoms with E-state index < -0.39 is 0 Å². The summed E-state index contributed by atoms with van der Waals surface area (Å²) in [7, 11) is 0. The average molecular weight is 323 g/mol. The van der Waals surface area contributed by atoms with Gasteiger partial charge in [-0.05, 0) is 49.2 Å². The Balaban J connectivity index is 1.58. The predicted octanol–water partition coefficient (Wildman–Crippen LogP) is 4.42. The van der Waals surface area contributed by atoms with Crippen LogP contribution in [0.2, 0.25) is 0 Å². The fourth-order valence-electron chi connectivity index (χ4n) is 2.94. The summed E-state index contributed by atoms with van der Waals surface area (Å²) >= 11 is 0. The van der Waals surface area contributed by atoms with Gasteiger partial charge in [0.15, 0.2) is 0 Å². The number of rotatable bonds is 4. The molecular weight excluding hydrogens is 302 g/mol. The van der Waals surface area contributed by atoms with Gasteiger partial charge in [-0.1, -0.05) is 37.5 Å². The molecule has 0 unspecified atom stereocenters. The lowest BCUT2D eigenvalue weighted by molar-refractivity contribution is -0.139. The summed E-state index contributed by atoms with van der Waals surface area (Å²) in [5.41, 5.74) is 1.27. The second-order valence-electron chi connectivity index (χ2n) is 6.10. The fraction of sp³-hybridized carbons (Fsp3) is 0.300. The molecule has 4 heteroatoms. The van der Waals surface area contributed by atoms with Crippen molar-refractivity contribution in [3.8, 4) is 5.75 Å². The van der Waals surface area contributed by atoms with Gasteiger partial charge in [-0.2, -0.15) is 0 Å². The molecule has 1 saturated carbocycles. The SMILES string of the molecule is O=C(Nc1ccccc1)c1ccc(OC(=O)C2CCCCC2)cc1. The van der Waals surface area contributed by atoms with E-state index in [-0.39, 0.29) is 17.8 Å².